The average molecular weight is 402 g/mol. The maximum atomic E-state index is 12.3. The number of piperidine rings is 1. The molecular formula is C21H31N5O3. The molecule has 1 N–H and O–H groups in total. The molecule has 0 aromatic carbocycles. The topological polar surface area (TPSA) is 87.7 Å². The van der Waals surface area contributed by atoms with Gasteiger partial charge in [0.2, 0.25) is 5.91 Å². The molecule has 2 amide bonds. The van der Waals surface area contributed by atoms with Crippen molar-refractivity contribution in [2.24, 2.45) is 11.8 Å². The molecule has 8 nitrogen and oxygen atoms in total. The van der Waals surface area contributed by atoms with Crippen molar-refractivity contribution < 1.29 is 14.3 Å². The van der Waals surface area contributed by atoms with Crippen molar-refractivity contribution in [3.05, 3.63) is 23.8 Å². The summed E-state index contributed by atoms with van der Waals surface area (Å²) < 4.78 is 5.64. The molecule has 0 spiro atoms. The maximum absolute atomic E-state index is 12.3. The predicted molar refractivity (Wildman–Crippen MR) is 107 cm³/mol. The summed E-state index contributed by atoms with van der Waals surface area (Å²) >= 11 is 0. The number of hydrogen-bond donors (Lipinski definition) is 1. The van der Waals surface area contributed by atoms with Gasteiger partial charge >= 0.3 is 0 Å². The number of carbonyl (C=O) groups excluding carboxylic acids is 2. The Kier molecular flexibility index (Phi) is 6.40. The summed E-state index contributed by atoms with van der Waals surface area (Å²) in [5.41, 5.74) is 0.346. The highest BCUT2D eigenvalue weighted by Crippen LogP contribution is 2.31. The lowest BCUT2D eigenvalue weighted by atomic mass is 9.95. The van der Waals surface area contributed by atoms with Crippen molar-refractivity contribution in [1.82, 2.24) is 25.1 Å². The lowest BCUT2D eigenvalue weighted by Gasteiger charge is -2.38. The molecule has 1 saturated carbocycles. The number of likely N-dealkylation sites (tertiary alicyclic amines) is 1. The van der Waals surface area contributed by atoms with E-state index in [4.69, 9.17) is 4.74 Å². The fourth-order valence-corrected chi connectivity index (χ4v) is 4.19. The SMILES string of the molecule is Cc1nccc(C(=O)NCC2CN(CC3CCN(CC4CC4)CC3)C(=O)CO2)n1. The van der Waals surface area contributed by atoms with E-state index in [0.29, 0.717) is 30.5 Å². The number of nitrogens with one attached hydrogen (secondary N) is 1. The standard InChI is InChI=1S/C21H31N5O3/c1-15-22-7-4-19(24-15)21(28)23-10-18-13-26(20(27)14-29-18)12-17-5-8-25(9-6-17)11-16-2-3-16/h4,7,16-18H,2-3,5-6,8-14H2,1H3,(H,23,28). The number of aryl methyl sites for hydroxylation is 1. The van der Waals surface area contributed by atoms with Gasteiger partial charge in [-0.2, -0.15) is 0 Å². The van der Waals surface area contributed by atoms with Gasteiger partial charge in [0.25, 0.3) is 5.91 Å². The van der Waals surface area contributed by atoms with Gasteiger partial charge in [-0.05, 0) is 63.6 Å². The third-order valence-electron chi connectivity index (χ3n) is 6.12. The van der Waals surface area contributed by atoms with Crippen molar-refractivity contribution in [2.45, 2.75) is 38.7 Å². The second-order valence-corrected chi connectivity index (χ2v) is 8.62. The summed E-state index contributed by atoms with van der Waals surface area (Å²) in [6, 6.07) is 1.59. The predicted octanol–water partition coefficient (Wildman–Crippen LogP) is 0.864. The summed E-state index contributed by atoms with van der Waals surface area (Å²) in [6.07, 6.45) is 6.51. The van der Waals surface area contributed by atoms with Crippen LogP contribution in [0.1, 0.15) is 42.0 Å². The molecule has 3 fully saturated rings. The van der Waals surface area contributed by atoms with E-state index in [0.717, 1.165) is 38.4 Å². The molecule has 1 aliphatic carbocycles. The minimum absolute atomic E-state index is 0.0550. The van der Waals surface area contributed by atoms with E-state index in [9.17, 15) is 9.59 Å². The van der Waals surface area contributed by atoms with Gasteiger partial charge in [-0.25, -0.2) is 9.97 Å². The van der Waals surface area contributed by atoms with E-state index >= 15 is 0 Å². The van der Waals surface area contributed by atoms with E-state index in [1.807, 2.05) is 4.90 Å². The number of rotatable bonds is 7. The van der Waals surface area contributed by atoms with Crippen LogP contribution in [0.5, 0.6) is 0 Å². The third-order valence-corrected chi connectivity index (χ3v) is 6.12. The van der Waals surface area contributed by atoms with Crippen LogP contribution in [-0.2, 0) is 9.53 Å². The van der Waals surface area contributed by atoms with E-state index in [2.05, 4.69) is 20.2 Å². The lowest BCUT2D eigenvalue weighted by Crippen LogP contribution is -2.52. The summed E-state index contributed by atoms with van der Waals surface area (Å²) in [7, 11) is 0. The number of nitrogens with zero attached hydrogens (tertiary/aromatic N) is 4. The van der Waals surface area contributed by atoms with E-state index in [-0.39, 0.29) is 24.5 Å². The highest BCUT2D eigenvalue weighted by atomic mass is 16.5. The molecule has 158 valence electrons. The van der Waals surface area contributed by atoms with Gasteiger partial charge in [-0.3, -0.25) is 9.59 Å². The number of carbonyl (C=O) groups is 2. The Bertz CT molecular complexity index is 731. The first-order valence-electron chi connectivity index (χ1n) is 10.8. The summed E-state index contributed by atoms with van der Waals surface area (Å²) in [5, 5.41) is 2.87. The lowest BCUT2D eigenvalue weighted by molar-refractivity contribution is -0.149. The minimum Gasteiger partial charge on any atom is -0.365 e. The molecule has 3 heterocycles. The van der Waals surface area contributed by atoms with Crippen molar-refractivity contribution in [3.8, 4) is 0 Å². The zero-order valence-corrected chi connectivity index (χ0v) is 17.2. The molecular weight excluding hydrogens is 370 g/mol. The van der Waals surface area contributed by atoms with Crippen LogP contribution in [0.2, 0.25) is 0 Å². The monoisotopic (exact) mass is 401 g/mol. The maximum Gasteiger partial charge on any atom is 0.270 e. The Balaban J connectivity index is 1.21. The Morgan fingerprint density at radius 3 is 2.69 bits per heavy atom. The number of hydrogen-bond acceptors (Lipinski definition) is 6. The second-order valence-electron chi connectivity index (χ2n) is 8.62. The Morgan fingerprint density at radius 2 is 1.97 bits per heavy atom. The Morgan fingerprint density at radius 1 is 1.21 bits per heavy atom. The molecule has 0 bridgehead atoms. The van der Waals surface area contributed by atoms with Crippen LogP contribution < -0.4 is 5.32 Å². The highest BCUT2D eigenvalue weighted by Gasteiger charge is 2.31. The van der Waals surface area contributed by atoms with Gasteiger partial charge in [0.05, 0.1) is 6.10 Å². The van der Waals surface area contributed by atoms with Crippen LogP contribution in [0.3, 0.4) is 0 Å². The summed E-state index contributed by atoms with van der Waals surface area (Å²) in [4.78, 5) is 37.2. The second kappa shape index (κ2) is 9.17. The first kappa shape index (κ1) is 20.2. The van der Waals surface area contributed by atoms with Crippen LogP contribution in [0.25, 0.3) is 0 Å². The molecule has 29 heavy (non-hydrogen) atoms. The van der Waals surface area contributed by atoms with Gasteiger partial charge < -0.3 is 19.9 Å². The largest absolute Gasteiger partial charge is 0.365 e. The molecule has 1 atom stereocenters. The zero-order valence-electron chi connectivity index (χ0n) is 17.2. The smallest absolute Gasteiger partial charge is 0.270 e. The van der Waals surface area contributed by atoms with Crippen molar-refractivity contribution in [3.63, 3.8) is 0 Å². The molecule has 2 aliphatic heterocycles. The van der Waals surface area contributed by atoms with Crippen molar-refractivity contribution in [1.29, 1.82) is 0 Å². The fraction of sp³-hybridized carbons (Fsp3) is 0.714. The fourth-order valence-electron chi connectivity index (χ4n) is 4.19. The molecule has 3 aliphatic rings. The van der Waals surface area contributed by atoms with Gasteiger partial charge in [0.15, 0.2) is 0 Å². The van der Waals surface area contributed by atoms with E-state index < -0.39 is 0 Å². The zero-order chi connectivity index (χ0) is 20.2. The molecule has 1 aromatic rings. The third kappa shape index (κ3) is 5.73. The minimum atomic E-state index is -0.245. The molecule has 2 saturated heterocycles. The summed E-state index contributed by atoms with van der Waals surface area (Å²) in [6.45, 7) is 7.10. The first-order valence-corrected chi connectivity index (χ1v) is 10.8. The van der Waals surface area contributed by atoms with Crippen LogP contribution in [0, 0.1) is 18.8 Å². The normalized spacial score (nSPS) is 24.0. The van der Waals surface area contributed by atoms with Crippen LogP contribution in [0.4, 0.5) is 0 Å². The quantitative estimate of drug-likeness (QED) is 0.729. The number of aromatic nitrogens is 2. The molecule has 1 unspecified atom stereocenters. The Labute approximate surface area is 172 Å². The number of ether oxygens (including phenoxy) is 1. The van der Waals surface area contributed by atoms with Gasteiger partial charge in [0.1, 0.15) is 18.1 Å². The first-order chi connectivity index (χ1) is 14.1. The van der Waals surface area contributed by atoms with Crippen molar-refractivity contribution in [2.75, 3.05) is 45.9 Å². The van der Waals surface area contributed by atoms with E-state index in [1.165, 1.54) is 19.4 Å². The molecule has 1 aromatic heterocycles. The molecule has 4 rings (SSSR count). The van der Waals surface area contributed by atoms with Crippen LogP contribution in [0.15, 0.2) is 12.3 Å². The van der Waals surface area contributed by atoms with Crippen LogP contribution >= 0.6 is 0 Å². The van der Waals surface area contributed by atoms with Crippen molar-refractivity contribution >= 4 is 11.8 Å². The van der Waals surface area contributed by atoms with Crippen LogP contribution in [-0.4, -0.2) is 83.6 Å². The molecule has 0 radical (unpaired) electrons. The Hall–Kier alpha value is -2.06. The van der Waals surface area contributed by atoms with Gasteiger partial charge in [0, 0.05) is 32.4 Å². The highest BCUT2D eigenvalue weighted by molar-refractivity contribution is 5.92. The number of morpholine rings is 1. The summed E-state index contributed by atoms with van der Waals surface area (Å²) in [5.74, 6) is 1.87. The van der Waals surface area contributed by atoms with Gasteiger partial charge in [-0.1, -0.05) is 0 Å². The average Bonchev–Trinajstić information content (AvgIpc) is 3.54. The van der Waals surface area contributed by atoms with Gasteiger partial charge in [-0.15, -0.1) is 0 Å². The number of amides is 2. The molecule has 8 heteroatoms. The van der Waals surface area contributed by atoms with E-state index in [1.54, 1.807) is 19.2 Å².